The number of benzene rings is 2. The van der Waals surface area contributed by atoms with Crippen molar-refractivity contribution < 1.29 is 14.7 Å². The van der Waals surface area contributed by atoms with Gasteiger partial charge < -0.3 is 15.7 Å². The molecule has 0 bridgehead atoms. The van der Waals surface area contributed by atoms with Crippen LogP contribution in [0.4, 0.5) is 5.69 Å². The van der Waals surface area contributed by atoms with Gasteiger partial charge >= 0.3 is 0 Å². The molecule has 23 heavy (non-hydrogen) atoms. The maximum Gasteiger partial charge on any atom is 0.252 e. The van der Waals surface area contributed by atoms with Crippen LogP contribution >= 0.6 is 11.6 Å². The molecule has 2 amide bonds. The molecule has 0 aliphatic heterocycles. The average molecular weight is 333 g/mol. The second-order valence-corrected chi connectivity index (χ2v) is 5.42. The molecule has 2 rings (SSSR count). The number of amides is 2. The number of carbonyl (C=O) groups is 2. The lowest BCUT2D eigenvalue weighted by molar-refractivity contribution is -0.114. The van der Waals surface area contributed by atoms with E-state index in [2.05, 4.69) is 10.6 Å². The molecule has 0 aliphatic rings. The number of aliphatic hydroxyl groups excluding tert-OH is 1. The third kappa shape index (κ3) is 4.81. The second kappa shape index (κ2) is 7.76. The number of rotatable bonds is 5. The van der Waals surface area contributed by atoms with Crippen LogP contribution in [0.3, 0.4) is 0 Å². The van der Waals surface area contributed by atoms with Gasteiger partial charge in [0.15, 0.2) is 0 Å². The highest BCUT2D eigenvalue weighted by molar-refractivity contribution is 6.34. The predicted octanol–water partition coefficient (Wildman–Crippen LogP) is 2.76. The smallest absolute Gasteiger partial charge is 0.252 e. The zero-order valence-electron chi connectivity index (χ0n) is 12.5. The Hall–Kier alpha value is -2.37. The summed E-state index contributed by atoms with van der Waals surface area (Å²) < 4.78 is 0. The minimum atomic E-state index is -0.808. The molecular weight excluding hydrogens is 316 g/mol. The Balaban J connectivity index is 2.04. The van der Waals surface area contributed by atoms with Gasteiger partial charge in [-0.2, -0.15) is 0 Å². The number of aliphatic hydroxyl groups is 1. The summed E-state index contributed by atoms with van der Waals surface area (Å²) in [5.74, 6) is -0.657. The largest absolute Gasteiger partial charge is 0.387 e. The van der Waals surface area contributed by atoms with Crippen molar-refractivity contribution in [1.29, 1.82) is 0 Å². The molecule has 1 atom stereocenters. The molecule has 0 heterocycles. The fourth-order valence-corrected chi connectivity index (χ4v) is 2.26. The lowest BCUT2D eigenvalue weighted by Crippen LogP contribution is -2.28. The van der Waals surface area contributed by atoms with Crippen molar-refractivity contribution in [3.63, 3.8) is 0 Å². The van der Waals surface area contributed by atoms with Gasteiger partial charge in [0.05, 0.1) is 16.7 Å². The molecule has 5 nitrogen and oxygen atoms in total. The van der Waals surface area contributed by atoms with Gasteiger partial charge in [-0.05, 0) is 23.8 Å². The summed E-state index contributed by atoms with van der Waals surface area (Å²) in [4.78, 5) is 23.3. The molecule has 0 aromatic heterocycles. The first-order valence-corrected chi connectivity index (χ1v) is 7.43. The standard InChI is InChI=1S/C17H17ClN2O3/c1-11(21)20-13-7-8-15(18)14(9-13)17(23)19-10-16(22)12-5-3-2-4-6-12/h2-9,16,22H,10H2,1H3,(H,19,23)(H,20,21)/t16-/m0/s1. The van der Waals surface area contributed by atoms with Crippen LogP contribution in [0.2, 0.25) is 5.02 Å². The maximum atomic E-state index is 12.2. The van der Waals surface area contributed by atoms with Crippen molar-refractivity contribution in [3.05, 3.63) is 64.7 Å². The van der Waals surface area contributed by atoms with Crippen molar-refractivity contribution in [1.82, 2.24) is 5.32 Å². The van der Waals surface area contributed by atoms with Crippen LogP contribution in [0.1, 0.15) is 28.9 Å². The highest BCUT2D eigenvalue weighted by atomic mass is 35.5. The van der Waals surface area contributed by atoms with E-state index in [0.717, 1.165) is 0 Å². The van der Waals surface area contributed by atoms with Crippen LogP contribution < -0.4 is 10.6 Å². The zero-order valence-corrected chi connectivity index (χ0v) is 13.3. The normalized spacial score (nSPS) is 11.6. The molecular formula is C17H17ClN2O3. The van der Waals surface area contributed by atoms with Crippen molar-refractivity contribution in [3.8, 4) is 0 Å². The third-order valence-corrected chi connectivity index (χ3v) is 3.50. The molecule has 0 saturated carbocycles. The van der Waals surface area contributed by atoms with Crippen molar-refractivity contribution in [2.45, 2.75) is 13.0 Å². The maximum absolute atomic E-state index is 12.2. The Morgan fingerprint density at radius 1 is 1.17 bits per heavy atom. The van der Waals surface area contributed by atoms with Gasteiger partial charge in [0, 0.05) is 19.2 Å². The minimum absolute atomic E-state index is 0.0591. The summed E-state index contributed by atoms with van der Waals surface area (Å²) in [6.07, 6.45) is -0.808. The van der Waals surface area contributed by atoms with Crippen LogP contribution in [0.5, 0.6) is 0 Å². The summed E-state index contributed by atoms with van der Waals surface area (Å²) >= 11 is 6.02. The number of halogens is 1. The van der Waals surface area contributed by atoms with Crippen LogP contribution in [-0.2, 0) is 4.79 Å². The molecule has 0 spiro atoms. The van der Waals surface area contributed by atoms with Gasteiger partial charge in [0.2, 0.25) is 5.91 Å². The Morgan fingerprint density at radius 2 is 1.87 bits per heavy atom. The summed E-state index contributed by atoms with van der Waals surface area (Å²) in [5, 5.41) is 15.5. The van der Waals surface area contributed by atoms with Gasteiger partial charge in [-0.25, -0.2) is 0 Å². The Labute approximate surface area is 139 Å². The van der Waals surface area contributed by atoms with Crippen LogP contribution in [0.15, 0.2) is 48.5 Å². The van der Waals surface area contributed by atoms with E-state index < -0.39 is 12.0 Å². The van der Waals surface area contributed by atoms with E-state index in [4.69, 9.17) is 11.6 Å². The van der Waals surface area contributed by atoms with E-state index in [1.54, 1.807) is 18.2 Å². The highest BCUT2D eigenvalue weighted by Gasteiger charge is 2.14. The summed E-state index contributed by atoms with van der Waals surface area (Å²) in [7, 11) is 0. The molecule has 6 heteroatoms. The van der Waals surface area contributed by atoms with Crippen LogP contribution in [0, 0.1) is 0 Å². The van der Waals surface area contributed by atoms with E-state index in [0.29, 0.717) is 11.3 Å². The van der Waals surface area contributed by atoms with Crippen LogP contribution in [0.25, 0.3) is 0 Å². The molecule has 3 N–H and O–H groups in total. The van der Waals surface area contributed by atoms with Gasteiger partial charge in [-0.1, -0.05) is 41.9 Å². The second-order valence-electron chi connectivity index (χ2n) is 5.01. The zero-order chi connectivity index (χ0) is 16.8. The van der Waals surface area contributed by atoms with Crippen molar-refractivity contribution >= 4 is 29.1 Å². The van der Waals surface area contributed by atoms with E-state index in [-0.39, 0.29) is 23.0 Å². The number of carbonyl (C=O) groups excluding carboxylic acids is 2. The molecule has 0 radical (unpaired) electrons. The monoisotopic (exact) mass is 332 g/mol. The lowest BCUT2D eigenvalue weighted by atomic mass is 10.1. The quantitative estimate of drug-likeness (QED) is 0.787. The van der Waals surface area contributed by atoms with E-state index in [9.17, 15) is 14.7 Å². The minimum Gasteiger partial charge on any atom is -0.387 e. The van der Waals surface area contributed by atoms with Gasteiger partial charge in [-0.15, -0.1) is 0 Å². The summed E-state index contributed by atoms with van der Waals surface area (Å²) in [6, 6.07) is 13.7. The molecule has 0 fully saturated rings. The van der Waals surface area contributed by atoms with E-state index in [1.807, 2.05) is 18.2 Å². The molecule has 2 aromatic carbocycles. The molecule has 120 valence electrons. The molecule has 0 unspecified atom stereocenters. The fourth-order valence-electron chi connectivity index (χ4n) is 2.06. The van der Waals surface area contributed by atoms with Gasteiger partial charge in [0.1, 0.15) is 0 Å². The number of hydrogen-bond donors (Lipinski definition) is 3. The first-order valence-electron chi connectivity index (χ1n) is 7.05. The summed E-state index contributed by atoms with van der Waals surface area (Å²) in [6.45, 7) is 1.44. The highest BCUT2D eigenvalue weighted by Crippen LogP contribution is 2.21. The first-order chi connectivity index (χ1) is 11.0. The molecule has 0 aliphatic carbocycles. The Bertz CT molecular complexity index is 704. The van der Waals surface area contributed by atoms with E-state index in [1.165, 1.54) is 19.1 Å². The number of hydrogen-bond acceptors (Lipinski definition) is 3. The SMILES string of the molecule is CC(=O)Nc1ccc(Cl)c(C(=O)NC[C@H](O)c2ccccc2)c1. The predicted molar refractivity (Wildman–Crippen MR) is 89.5 cm³/mol. The molecule has 2 aromatic rings. The Kier molecular flexibility index (Phi) is 5.73. The van der Waals surface area contributed by atoms with Crippen molar-refractivity contribution in [2.24, 2.45) is 0 Å². The van der Waals surface area contributed by atoms with Gasteiger partial charge in [0.25, 0.3) is 5.91 Å². The number of nitrogens with one attached hydrogen (secondary N) is 2. The average Bonchev–Trinajstić information content (AvgIpc) is 2.54. The van der Waals surface area contributed by atoms with E-state index >= 15 is 0 Å². The van der Waals surface area contributed by atoms with Gasteiger partial charge in [-0.3, -0.25) is 9.59 Å². The third-order valence-electron chi connectivity index (χ3n) is 3.17. The fraction of sp³-hybridized carbons (Fsp3) is 0.176. The van der Waals surface area contributed by atoms with Crippen molar-refractivity contribution in [2.75, 3.05) is 11.9 Å². The summed E-state index contributed by atoms with van der Waals surface area (Å²) in [5.41, 5.74) is 1.43. The topological polar surface area (TPSA) is 78.4 Å². The molecule has 0 saturated heterocycles. The lowest BCUT2D eigenvalue weighted by Gasteiger charge is -2.13. The first kappa shape index (κ1) is 17.0. The number of anilines is 1. The van der Waals surface area contributed by atoms with Crippen LogP contribution in [-0.4, -0.2) is 23.5 Å². The Morgan fingerprint density at radius 3 is 2.52 bits per heavy atom.